The highest BCUT2D eigenvalue weighted by molar-refractivity contribution is 5.92. The molecule has 182 valence electrons. The Morgan fingerprint density at radius 1 is 0.917 bits per heavy atom. The summed E-state index contributed by atoms with van der Waals surface area (Å²) in [6.07, 6.45) is 1.54. The number of aryl methyl sites for hydroxylation is 1. The molecule has 7 heteroatoms. The van der Waals surface area contributed by atoms with E-state index >= 15 is 0 Å². The summed E-state index contributed by atoms with van der Waals surface area (Å²) in [7, 11) is 1.35. The summed E-state index contributed by atoms with van der Waals surface area (Å²) in [6, 6.07) is 26.6. The largest absolute Gasteiger partial charge is 0.465 e. The quantitative estimate of drug-likeness (QED) is 0.234. The van der Waals surface area contributed by atoms with Gasteiger partial charge < -0.3 is 14.4 Å². The van der Waals surface area contributed by atoms with E-state index in [1.165, 1.54) is 13.3 Å². The summed E-state index contributed by atoms with van der Waals surface area (Å²) < 4.78 is 6.82. The monoisotopic (exact) mass is 481 g/mol. The number of hydrazone groups is 1. The van der Waals surface area contributed by atoms with Gasteiger partial charge in [0.05, 0.1) is 18.9 Å². The van der Waals surface area contributed by atoms with Crippen molar-refractivity contribution in [3.8, 4) is 5.69 Å². The Labute approximate surface area is 209 Å². The third kappa shape index (κ3) is 4.69. The predicted molar refractivity (Wildman–Crippen MR) is 138 cm³/mol. The van der Waals surface area contributed by atoms with E-state index in [0.29, 0.717) is 16.7 Å². The standard InChI is InChI=1S/C29H27N3O4/c1-20-17-23(21(2)32(20)26-16-10-11-22(18-26)27(33)36-3)19-30-31-28(34)29(35,24-12-6-4-7-13-24)25-14-8-5-9-15-25/h4-19,35H,1-3H3,(H,31,34)/b30-19+. The molecule has 0 unspecified atom stereocenters. The van der Waals surface area contributed by atoms with E-state index in [2.05, 4.69) is 10.5 Å². The van der Waals surface area contributed by atoms with Gasteiger partial charge in [-0.3, -0.25) is 4.79 Å². The van der Waals surface area contributed by atoms with Gasteiger partial charge in [-0.05, 0) is 49.2 Å². The molecule has 4 aromatic rings. The SMILES string of the molecule is COC(=O)c1cccc(-n2c(C)cc(/C=N/NC(=O)C(O)(c3ccccc3)c3ccccc3)c2C)c1. The van der Waals surface area contributed by atoms with Gasteiger partial charge in [0.2, 0.25) is 0 Å². The van der Waals surface area contributed by atoms with Gasteiger partial charge >= 0.3 is 5.97 Å². The fourth-order valence-corrected chi connectivity index (χ4v) is 4.23. The van der Waals surface area contributed by atoms with Crippen LogP contribution in [0.15, 0.2) is 96.1 Å². The molecule has 0 aliphatic heterocycles. The number of ether oxygens (including phenoxy) is 1. The molecule has 0 radical (unpaired) electrons. The summed E-state index contributed by atoms with van der Waals surface area (Å²) in [5, 5.41) is 15.7. The number of amides is 1. The first-order valence-corrected chi connectivity index (χ1v) is 11.4. The molecule has 1 amide bonds. The van der Waals surface area contributed by atoms with Crippen LogP contribution in [0, 0.1) is 13.8 Å². The first-order chi connectivity index (χ1) is 17.4. The van der Waals surface area contributed by atoms with Crippen LogP contribution in [0.2, 0.25) is 0 Å². The van der Waals surface area contributed by atoms with Crippen molar-refractivity contribution in [1.82, 2.24) is 9.99 Å². The fraction of sp³-hybridized carbons (Fsp3) is 0.138. The van der Waals surface area contributed by atoms with Crippen molar-refractivity contribution in [2.45, 2.75) is 19.4 Å². The molecule has 2 N–H and O–H groups in total. The molecule has 0 spiro atoms. The summed E-state index contributed by atoms with van der Waals surface area (Å²) in [6.45, 7) is 3.86. The van der Waals surface area contributed by atoms with E-state index in [0.717, 1.165) is 22.6 Å². The van der Waals surface area contributed by atoms with Crippen LogP contribution in [0.3, 0.4) is 0 Å². The van der Waals surface area contributed by atoms with E-state index in [1.54, 1.807) is 66.7 Å². The number of nitrogens with zero attached hydrogens (tertiary/aromatic N) is 2. The minimum Gasteiger partial charge on any atom is -0.465 e. The maximum Gasteiger partial charge on any atom is 0.337 e. The lowest BCUT2D eigenvalue weighted by Gasteiger charge is -2.27. The molecule has 0 atom stereocenters. The predicted octanol–water partition coefficient (Wildman–Crippen LogP) is 4.27. The van der Waals surface area contributed by atoms with Crippen LogP contribution < -0.4 is 5.43 Å². The van der Waals surface area contributed by atoms with Crippen molar-refractivity contribution >= 4 is 18.1 Å². The number of methoxy groups -OCH3 is 1. The van der Waals surface area contributed by atoms with E-state index in [9.17, 15) is 14.7 Å². The maximum absolute atomic E-state index is 13.2. The molecule has 36 heavy (non-hydrogen) atoms. The number of aromatic nitrogens is 1. The molecule has 0 saturated carbocycles. The number of benzene rings is 3. The lowest BCUT2D eigenvalue weighted by molar-refractivity contribution is -0.136. The third-order valence-electron chi connectivity index (χ3n) is 6.08. The van der Waals surface area contributed by atoms with Crippen molar-refractivity contribution in [3.05, 3.63) is 125 Å². The van der Waals surface area contributed by atoms with Gasteiger partial charge in [0.25, 0.3) is 5.91 Å². The zero-order chi connectivity index (χ0) is 25.7. The Morgan fingerprint density at radius 2 is 1.53 bits per heavy atom. The molecule has 0 fully saturated rings. The lowest BCUT2D eigenvalue weighted by atomic mass is 9.85. The van der Waals surface area contributed by atoms with E-state index < -0.39 is 17.5 Å². The van der Waals surface area contributed by atoms with Gasteiger partial charge in [0, 0.05) is 22.6 Å². The van der Waals surface area contributed by atoms with Crippen molar-refractivity contribution in [2.24, 2.45) is 5.10 Å². The summed E-state index contributed by atoms with van der Waals surface area (Å²) in [4.78, 5) is 25.2. The molecule has 1 heterocycles. The van der Waals surface area contributed by atoms with Crippen LogP contribution in [0.5, 0.6) is 0 Å². The van der Waals surface area contributed by atoms with Crippen molar-refractivity contribution < 1.29 is 19.4 Å². The highest BCUT2D eigenvalue weighted by Crippen LogP contribution is 2.30. The Kier molecular flexibility index (Phi) is 7.12. The fourth-order valence-electron chi connectivity index (χ4n) is 4.23. The van der Waals surface area contributed by atoms with Crippen molar-refractivity contribution in [3.63, 3.8) is 0 Å². The first kappa shape index (κ1) is 24.6. The number of aliphatic hydroxyl groups is 1. The van der Waals surface area contributed by atoms with E-state index in [-0.39, 0.29) is 0 Å². The lowest BCUT2D eigenvalue weighted by Crippen LogP contribution is -2.43. The van der Waals surface area contributed by atoms with Gasteiger partial charge in [-0.2, -0.15) is 5.10 Å². The molecule has 0 bridgehead atoms. The summed E-state index contributed by atoms with van der Waals surface area (Å²) in [5.74, 6) is -1.08. The summed E-state index contributed by atoms with van der Waals surface area (Å²) in [5.41, 5.74) is 5.29. The third-order valence-corrected chi connectivity index (χ3v) is 6.08. The number of carbonyl (C=O) groups is 2. The molecule has 0 aliphatic carbocycles. The molecule has 0 saturated heterocycles. The average Bonchev–Trinajstić information content (AvgIpc) is 3.21. The number of hydrogen-bond acceptors (Lipinski definition) is 5. The maximum atomic E-state index is 13.2. The van der Waals surface area contributed by atoms with E-state index in [4.69, 9.17) is 4.74 Å². The first-order valence-electron chi connectivity index (χ1n) is 11.4. The smallest absolute Gasteiger partial charge is 0.337 e. The zero-order valence-corrected chi connectivity index (χ0v) is 20.3. The highest BCUT2D eigenvalue weighted by atomic mass is 16.5. The van der Waals surface area contributed by atoms with Gasteiger partial charge in [-0.15, -0.1) is 0 Å². The molecule has 4 rings (SSSR count). The van der Waals surface area contributed by atoms with Crippen LogP contribution >= 0.6 is 0 Å². The van der Waals surface area contributed by atoms with Crippen molar-refractivity contribution in [2.75, 3.05) is 7.11 Å². The second-order valence-corrected chi connectivity index (χ2v) is 8.35. The number of nitrogens with one attached hydrogen (secondary N) is 1. The second-order valence-electron chi connectivity index (χ2n) is 8.35. The average molecular weight is 482 g/mol. The normalized spacial score (nSPS) is 11.4. The van der Waals surface area contributed by atoms with Crippen LogP contribution in [0.25, 0.3) is 5.69 Å². The molecular formula is C29H27N3O4. The molecular weight excluding hydrogens is 454 g/mol. The zero-order valence-electron chi connectivity index (χ0n) is 20.3. The van der Waals surface area contributed by atoms with Crippen LogP contribution in [-0.4, -0.2) is 34.9 Å². The highest BCUT2D eigenvalue weighted by Gasteiger charge is 2.39. The molecule has 1 aromatic heterocycles. The van der Waals surface area contributed by atoms with Gasteiger partial charge in [-0.25, -0.2) is 10.2 Å². The number of esters is 1. The molecule has 0 aliphatic rings. The molecule has 3 aromatic carbocycles. The van der Waals surface area contributed by atoms with E-state index in [1.807, 2.05) is 42.7 Å². The Balaban J connectivity index is 1.61. The number of rotatable bonds is 7. The number of carbonyl (C=O) groups excluding carboxylic acids is 2. The van der Waals surface area contributed by atoms with Gasteiger partial charge in [-0.1, -0.05) is 66.7 Å². The topological polar surface area (TPSA) is 92.9 Å². The van der Waals surface area contributed by atoms with Crippen LogP contribution in [-0.2, 0) is 15.1 Å². The van der Waals surface area contributed by atoms with Crippen molar-refractivity contribution in [1.29, 1.82) is 0 Å². The Bertz CT molecular complexity index is 1370. The minimum absolute atomic E-state index is 0.409. The summed E-state index contributed by atoms with van der Waals surface area (Å²) >= 11 is 0. The second kappa shape index (κ2) is 10.4. The van der Waals surface area contributed by atoms with Crippen LogP contribution in [0.4, 0.5) is 0 Å². The van der Waals surface area contributed by atoms with Crippen LogP contribution in [0.1, 0.15) is 38.4 Å². The van der Waals surface area contributed by atoms with Gasteiger partial charge in [0.15, 0.2) is 5.60 Å². The molecule has 7 nitrogen and oxygen atoms in total. The minimum atomic E-state index is -1.91. The number of hydrogen-bond donors (Lipinski definition) is 2. The van der Waals surface area contributed by atoms with Gasteiger partial charge in [0.1, 0.15) is 0 Å². The Hall–Kier alpha value is -4.49. The Morgan fingerprint density at radius 3 is 2.11 bits per heavy atom.